The molecule has 98 valence electrons. The molecule has 0 fully saturated rings. The van der Waals surface area contributed by atoms with E-state index in [4.69, 9.17) is 8.83 Å². The monoisotopic (exact) mass is 248 g/mol. The Balaban J connectivity index is 2.00. The van der Waals surface area contributed by atoms with E-state index in [1.165, 1.54) is 5.56 Å². The molecule has 2 heterocycles. The van der Waals surface area contributed by atoms with Gasteiger partial charge in [0.1, 0.15) is 17.3 Å². The highest BCUT2D eigenvalue weighted by Gasteiger charge is 2.13. The van der Waals surface area contributed by atoms with Crippen LogP contribution in [-0.4, -0.2) is 4.98 Å². The molecule has 1 N–H and O–H groups in total. The van der Waals surface area contributed by atoms with Gasteiger partial charge in [0.25, 0.3) is 0 Å². The lowest BCUT2D eigenvalue weighted by molar-refractivity contribution is 0.428. The topological polar surface area (TPSA) is 51.2 Å². The molecule has 0 saturated carbocycles. The summed E-state index contributed by atoms with van der Waals surface area (Å²) in [5, 5.41) is 3.39. The van der Waals surface area contributed by atoms with Gasteiger partial charge in [0.05, 0.1) is 12.2 Å². The average molecular weight is 248 g/mol. The molecule has 0 spiro atoms. The SMILES string of the molecule is Cc1cc(C(C)NCc2nc(C)c(C)o2)c(C)o1. The number of rotatable bonds is 4. The molecule has 0 aliphatic heterocycles. The molecular weight excluding hydrogens is 228 g/mol. The van der Waals surface area contributed by atoms with E-state index < -0.39 is 0 Å². The molecule has 0 bridgehead atoms. The zero-order chi connectivity index (χ0) is 13.3. The lowest BCUT2D eigenvalue weighted by atomic mass is 10.1. The number of oxazole rings is 1. The van der Waals surface area contributed by atoms with Crippen molar-refractivity contribution in [1.82, 2.24) is 10.3 Å². The first-order valence-electron chi connectivity index (χ1n) is 6.20. The maximum atomic E-state index is 5.54. The summed E-state index contributed by atoms with van der Waals surface area (Å²) in [6.45, 7) is 10.6. The highest BCUT2D eigenvalue weighted by Crippen LogP contribution is 2.21. The summed E-state index contributed by atoms with van der Waals surface area (Å²) < 4.78 is 11.1. The minimum atomic E-state index is 0.218. The van der Waals surface area contributed by atoms with Crippen molar-refractivity contribution in [3.8, 4) is 0 Å². The molecule has 0 aliphatic carbocycles. The fourth-order valence-electron chi connectivity index (χ4n) is 2.05. The van der Waals surface area contributed by atoms with E-state index >= 15 is 0 Å². The Morgan fingerprint density at radius 1 is 1.17 bits per heavy atom. The van der Waals surface area contributed by atoms with Crippen LogP contribution in [0.4, 0.5) is 0 Å². The van der Waals surface area contributed by atoms with E-state index in [-0.39, 0.29) is 6.04 Å². The molecular formula is C14H20N2O2. The molecule has 18 heavy (non-hydrogen) atoms. The van der Waals surface area contributed by atoms with Crippen molar-refractivity contribution in [2.75, 3.05) is 0 Å². The summed E-state index contributed by atoms with van der Waals surface area (Å²) in [6.07, 6.45) is 0. The van der Waals surface area contributed by atoms with Gasteiger partial charge in [0.2, 0.25) is 5.89 Å². The Hall–Kier alpha value is -1.55. The number of hydrogen-bond acceptors (Lipinski definition) is 4. The van der Waals surface area contributed by atoms with Crippen LogP contribution in [0.3, 0.4) is 0 Å². The Labute approximate surface area is 107 Å². The van der Waals surface area contributed by atoms with Gasteiger partial charge in [-0.2, -0.15) is 0 Å². The molecule has 4 heteroatoms. The zero-order valence-corrected chi connectivity index (χ0v) is 11.6. The van der Waals surface area contributed by atoms with Crippen molar-refractivity contribution in [3.05, 3.63) is 40.5 Å². The summed E-state index contributed by atoms with van der Waals surface area (Å²) >= 11 is 0. The number of furan rings is 1. The van der Waals surface area contributed by atoms with E-state index in [9.17, 15) is 0 Å². The van der Waals surface area contributed by atoms with Gasteiger partial charge < -0.3 is 14.2 Å². The predicted octanol–water partition coefficient (Wildman–Crippen LogP) is 3.35. The molecule has 0 radical (unpaired) electrons. The van der Waals surface area contributed by atoms with E-state index in [2.05, 4.69) is 23.3 Å². The Morgan fingerprint density at radius 2 is 1.89 bits per heavy atom. The second kappa shape index (κ2) is 4.98. The fraction of sp³-hybridized carbons (Fsp3) is 0.500. The number of aromatic nitrogens is 1. The number of nitrogens with zero attached hydrogens (tertiary/aromatic N) is 1. The lowest BCUT2D eigenvalue weighted by Crippen LogP contribution is -2.18. The smallest absolute Gasteiger partial charge is 0.208 e. The van der Waals surface area contributed by atoms with Crippen LogP contribution >= 0.6 is 0 Å². The zero-order valence-electron chi connectivity index (χ0n) is 11.6. The van der Waals surface area contributed by atoms with Crippen molar-refractivity contribution >= 4 is 0 Å². The van der Waals surface area contributed by atoms with Crippen LogP contribution in [0.25, 0.3) is 0 Å². The standard InChI is InChI=1S/C14H20N2O2/c1-8-6-13(12(5)17-8)10(3)15-7-14-16-9(2)11(4)18-14/h6,10,15H,7H2,1-5H3. The number of hydrogen-bond donors (Lipinski definition) is 1. The van der Waals surface area contributed by atoms with Crippen LogP contribution in [0.5, 0.6) is 0 Å². The second-order valence-electron chi connectivity index (χ2n) is 4.72. The molecule has 0 aliphatic rings. The molecule has 0 amide bonds. The van der Waals surface area contributed by atoms with Gasteiger partial charge in [0, 0.05) is 11.6 Å². The van der Waals surface area contributed by atoms with Gasteiger partial charge in [-0.15, -0.1) is 0 Å². The van der Waals surface area contributed by atoms with Crippen molar-refractivity contribution in [2.45, 2.75) is 47.2 Å². The maximum absolute atomic E-state index is 5.54. The minimum Gasteiger partial charge on any atom is -0.466 e. The summed E-state index contributed by atoms with van der Waals surface area (Å²) in [7, 11) is 0. The predicted molar refractivity (Wildman–Crippen MR) is 69.4 cm³/mol. The fourth-order valence-corrected chi connectivity index (χ4v) is 2.05. The van der Waals surface area contributed by atoms with Crippen LogP contribution in [0.15, 0.2) is 14.9 Å². The van der Waals surface area contributed by atoms with Gasteiger partial charge in [-0.3, -0.25) is 0 Å². The second-order valence-corrected chi connectivity index (χ2v) is 4.72. The molecule has 2 aromatic rings. The van der Waals surface area contributed by atoms with Crippen molar-refractivity contribution in [3.63, 3.8) is 0 Å². The third-order valence-corrected chi connectivity index (χ3v) is 3.18. The molecule has 2 aromatic heterocycles. The Kier molecular flexibility index (Phi) is 3.57. The highest BCUT2D eigenvalue weighted by molar-refractivity contribution is 5.23. The molecule has 2 rings (SSSR count). The molecule has 0 saturated heterocycles. The van der Waals surface area contributed by atoms with Crippen LogP contribution in [-0.2, 0) is 6.54 Å². The van der Waals surface area contributed by atoms with E-state index in [0.29, 0.717) is 6.54 Å². The van der Waals surface area contributed by atoms with Gasteiger partial charge in [-0.25, -0.2) is 4.98 Å². The first-order valence-corrected chi connectivity index (χ1v) is 6.20. The van der Waals surface area contributed by atoms with Crippen LogP contribution in [0.2, 0.25) is 0 Å². The van der Waals surface area contributed by atoms with Crippen molar-refractivity contribution in [1.29, 1.82) is 0 Å². The average Bonchev–Trinajstić information content (AvgIpc) is 2.79. The van der Waals surface area contributed by atoms with E-state index in [1.54, 1.807) is 0 Å². The molecule has 1 atom stereocenters. The normalized spacial score (nSPS) is 12.9. The quantitative estimate of drug-likeness (QED) is 0.901. The van der Waals surface area contributed by atoms with Gasteiger partial charge >= 0.3 is 0 Å². The summed E-state index contributed by atoms with van der Waals surface area (Å²) in [5.74, 6) is 3.52. The van der Waals surface area contributed by atoms with E-state index in [0.717, 1.165) is 28.9 Å². The van der Waals surface area contributed by atoms with Crippen molar-refractivity contribution in [2.24, 2.45) is 0 Å². The summed E-state index contributed by atoms with van der Waals surface area (Å²) in [4.78, 5) is 4.35. The third kappa shape index (κ3) is 2.64. The number of nitrogens with one attached hydrogen (secondary N) is 1. The Morgan fingerprint density at radius 3 is 2.39 bits per heavy atom. The first kappa shape index (κ1) is 12.9. The molecule has 4 nitrogen and oxygen atoms in total. The lowest BCUT2D eigenvalue weighted by Gasteiger charge is -2.11. The number of aryl methyl sites for hydroxylation is 4. The Bertz CT molecular complexity index is 520. The van der Waals surface area contributed by atoms with Crippen LogP contribution in [0, 0.1) is 27.7 Å². The highest BCUT2D eigenvalue weighted by atomic mass is 16.4. The van der Waals surface area contributed by atoms with Gasteiger partial charge in [-0.05, 0) is 40.7 Å². The van der Waals surface area contributed by atoms with Crippen LogP contribution in [0.1, 0.15) is 47.4 Å². The van der Waals surface area contributed by atoms with Gasteiger partial charge in [-0.1, -0.05) is 0 Å². The van der Waals surface area contributed by atoms with Crippen LogP contribution < -0.4 is 5.32 Å². The molecule has 1 unspecified atom stereocenters. The summed E-state index contributed by atoms with van der Waals surface area (Å²) in [5.41, 5.74) is 2.14. The summed E-state index contributed by atoms with van der Waals surface area (Å²) in [6, 6.07) is 2.29. The van der Waals surface area contributed by atoms with Gasteiger partial charge in [0.15, 0.2) is 0 Å². The van der Waals surface area contributed by atoms with E-state index in [1.807, 2.05) is 27.7 Å². The minimum absolute atomic E-state index is 0.218. The third-order valence-electron chi connectivity index (χ3n) is 3.18. The first-order chi connectivity index (χ1) is 8.47. The maximum Gasteiger partial charge on any atom is 0.208 e. The van der Waals surface area contributed by atoms with Crippen molar-refractivity contribution < 1.29 is 8.83 Å². The largest absolute Gasteiger partial charge is 0.466 e. The molecule has 0 aromatic carbocycles.